The van der Waals surface area contributed by atoms with Gasteiger partial charge in [-0.15, -0.1) is 0 Å². The third-order valence-electron chi connectivity index (χ3n) is 1.82. The maximum Gasteiger partial charge on any atom is 0.120 e. The summed E-state index contributed by atoms with van der Waals surface area (Å²) < 4.78 is 6.52. The molecule has 0 aliphatic carbocycles. The van der Waals surface area contributed by atoms with E-state index in [0.717, 1.165) is 16.8 Å². The molecule has 0 aliphatic heterocycles. The SMILES string of the molecule is CN(C)Cc1cc(Br)cc(OCCN)c1. The highest BCUT2D eigenvalue weighted by atomic mass is 79.9. The summed E-state index contributed by atoms with van der Waals surface area (Å²) in [5.41, 5.74) is 6.61. The smallest absolute Gasteiger partial charge is 0.120 e. The maximum absolute atomic E-state index is 5.48. The molecule has 1 rings (SSSR count). The Morgan fingerprint density at radius 1 is 1.33 bits per heavy atom. The number of hydrogen-bond donors (Lipinski definition) is 1. The predicted molar refractivity (Wildman–Crippen MR) is 66.1 cm³/mol. The van der Waals surface area contributed by atoms with E-state index < -0.39 is 0 Å². The topological polar surface area (TPSA) is 38.5 Å². The molecule has 0 atom stereocenters. The van der Waals surface area contributed by atoms with Crippen LogP contribution < -0.4 is 10.5 Å². The van der Waals surface area contributed by atoms with E-state index >= 15 is 0 Å². The molecule has 3 nitrogen and oxygen atoms in total. The Bertz CT molecular complexity index is 315. The molecule has 1 aromatic carbocycles. The third kappa shape index (κ3) is 4.64. The van der Waals surface area contributed by atoms with Crippen LogP contribution in [0.15, 0.2) is 22.7 Å². The van der Waals surface area contributed by atoms with Crippen molar-refractivity contribution in [3.63, 3.8) is 0 Å². The second-order valence-corrected chi connectivity index (χ2v) is 4.59. The van der Waals surface area contributed by atoms with Gasteiger partial charge in [0.25, 0.3) is 0 Å². The number of hydrogen-bond acceptors (Lipinski definition) is 3. The molecule has 0 amide bonds. The number of nitrogens with two attached hydrogens (primary N) is 1. The molecule has 4 heteroatoms. The zero-order chi connectivity index (χ0) is 11.3. The van der Waals surface area contributed by atoms with Gasteiger partial charge >= 0.3 is 0 Å². The lowest BCUT2D eigenvalue weighted by Crippen LogP contribution is -2.12. The molecule has 0 aromatic heterocycles. The van der Waals surface area contributed by atoms with Crippen molar-refractivity contribution in [2.24, 2.45) is 5.73 Å². The first-order valence-electron chi connectivity index (χ1n) is 4.89. The van der Waals surface area contributed by atoms with Crippen LogP contribution in [0.2, 0.25) is 0 Å². The minimum absolute atomic E-state index is 0.537. The number of nitrogens with zero attached hydrogens (tertiary/aromatic N) is 1. The fraction of sp³-hybridized carbons (Fsp3) is 0.455. The van der Waals surface area contributed by atoms with Crippen molar-refractivity contribution in [1.29, 1.82) is 0 Å². The van der Waals surface area contributed by atoms with Gasteiger partial charge in [-0.05, 0) is 37.9 Å². The van der Waals surface area contributed by atoms with E-state index in [1.165, 1.54) is 5.56 Å². The van der Waals surface area contributed by atoms with Gasteiger partial charge in [0.1, 0.15) is 12.4 Å². The summed E-state index contributed by atoms with van der Waals surface area (Å²) in [7, 11) is 4.09. The van der Waals surface area contributed by atoms with Gasteiger partial charge in [-0.25, -0.2) is 0 Å². The fourth-order valence-corrected chi connectivity index (χ4v) is 1.86. The Balaban J connectivity index is 2.75. The van der Waals surface area contributed by atoms with Gasteiger partial charge in [-0.2, -0.15) is 0 Å². The molecule has 0 spiro atoms. The van der Waals surface area contributed by atoms with Crippen LogP contribution in [0.4, 0.5) is 0 Å². The van der Waals surface area contributed by atoms with E-state index in [0.29, 0.717) is 13.2 Å². The van der Waals surface area contributed by atoms with Gasteiger partial charge in [0.05, 0.1) is 0 Å². The molecule has 0 unspecified atom stereocenters. The molecule has 0 fully saturated rings. The Hall–Kier alpha value is -0.580. The van der Waals surface area contributed by atoms with E-state index in [1.807, 2.05) is 26.2 Å². The molecular formula is C11H17BrN2O. The van der Waals surface area contributed by atoms with Crippen LogP contribution in [0.3, 0.4) is 0 Å². The summed E-state index contributed by atoms with van der Waals surface area (Å²) in [5.74, 6) is 0.867. The summed E-state index contributed by atoms with van der Waals surface area (Å²) >= 11 is 3.47. The zero-order valence-electron chi connectivity index (χ0n) is 9.16. The van der Waals surface area contributed by atoms with Gasteiger partial charge in [-0.3, -0.25) is 0 Å². The standard InChI is InChI=1S/C11H17BrN2O/c1-14(2)8-9-5-10(12)7-11(6-9)15-4-3-13/h5-7H,3-4,8,13H2,1-2H3. The van der Waals surface area contributed by atoms with Crippen LogP contribution in [-0.2, 0) is 6.54 Å². The van der Waals surface area contributed by atoms with E-state index in [9.17, 15) is 0 Å². The minimum Gasteiger partial charge on any atom is -0.492 e. The van der Waals surface area contributed by atoms with E-state index in [-0.39, 0.29) is 0 Å². The molecule has 84 valence electrons. The quantitative estimate of drug-likeness (QED) is 0.889. The molecule has 0 radical (unpaired) electrons. The molecule has 15 heavy (non-hydrogen) atoms. The highest BCUT2D eigenvalue weighted by Crippen LogP contribution is 2.22. The van der Waals surface area contributed by atoms with Crippen molar-refractivity contribution in [2.75, 3.05) is 27.2 Å². The third-order valence-corrected chi connectivity index (χ3v) is 2.27. The Labute approximate surface area is 99.3 Å². The number of rotatable bonds is 5. The highest BCUT2D eigenvalue weighted by Gasteiger charge is 2.01. The maximum atomic E-state index is 5.48. The average Bonchev–Trinajstić information content (AvgIpc) is 2.12. The first kappa shape index (κ1) is 12.5. The van der Waals surface area contributed by atoms with Gasteiger partial charge in [0.2, 0.25) is 0 Å². The normalized spacial score (nSPS) is 10.7. The number of halogens is 1. The monoisotopic (exact) mass is 272 g/mol. The molecule has 2 N–H and O–H groups in total. The summed E-state index contributed by atoms with van der Waals surface area (Å²) in [6.45, 7) is 1.99. The second kappa shape index (κ2) is 6.10. The van der Waals surface area contributed by atoms with Crippen LogP contribution in [0, 0.1) is 0 Å². The van der Waals surface area contributed by atoms with Crippen molar-refractivity contribution in [3.8, 4) is 5.75 Å². The van der Waals surface area contributed by atoms with Crippen molar-refractivity contribution < 1.29 is 4.74 Å². The molecule has 0 bridgehead atoms. The van der Waals surface area contributed by atoms with Crippen molar-refractivity contribution in [2.45, 2.75) is 6.54 Å². The van der Waals surface area contributed by atoms with Crippen molar-refractivity contribution in [3.05, 3.63) is 28.2 Å². The van der Waals surface area contributed by atoms with Crippen LogP contribution in [0.1, 0.15) is 5.56 Å². The molecule has 0 heterocycles. The van der Waals surface area contributed by atoms with Crippen LogP contribution in [0.5, 0.6) is 5.75 Å². The van der Waals surface area contributed by atoms with Gasteiger partial charge in [0.15, 0.2) is 0 Å². The largest absolute Gasteiger partial charge is 0.492 e. The number of ether oxygens (including phenoxy) is 1. The Morgan fingerprint density at radius 3 is 2.67 bits per heavy atom. The van der Waals surface area contributed by atoms with Gasteiger partial charge in [-0.1, -0.05) is 15.9 Å². The lowest BCUT2D eigenvalue weighted by Gasteiger charge is -2.12. The molecule has 0 saturated carbocycles. The second-order valence-electron chi connectivity index (χ2n) is 3.67. The van der Waals surface area contributed by atoms with Crippen molar-refractivity contribution in [1.82, 2.24) is 4.90 Å². The summed E-state index contributed by atoms with van der Waals surface area (Å²) in [6.07, 6.45) is 0. The predicted octanol–water partition coefficient (Wildman–Crippen LogP) is 1.85. The number of benzene rings is 1. The highest BCUT2D eigenvalue weighted by molar-refractivity contribution is 9.10. The lowest BCUT2D eigenvalue weighted by atomic mass is 10.2. The summed E-state index contributed by atoms with van der Waals surface area (Å²) in [5, 5.41) is 0. The first-order chi connectivity index (χ1) is 7.11. The van der Waals surface area contributed by atoms with Gasteiger partial charge in [0, 0.05) is 17.6 Å². The molecular weight excluding hydrogens is 256 g/mol. The molecule has 0 saturated heterocycles. The van der Waals surface area contributed by atoms with Crippen LogP contribution in [0.25, 0.3) is 0 Å². The molecule has 0 aliphatic rings. The Kier molecular flexibility index (Phi) is 5.08. The van der Waals surface area contributed by atoms with Crippen molar-refractivity contribution >= 4 is 15.9 Å². The first-order valence-corrected chi connectivity index (χ1v) is 5.68. The van der Waals surface area contributed by atoms with E-state index in [2.05, 4.69) is 26.9 Å². The fourth-order valence-electron chi connectivity index (χ4n) is 1.34. The van der Waals surface area contributed by atoms with Gasteiger partial charge < -0.3 is 15.4 Å². The van der Waals surface area contributed by atoms with E-state index in [1.54, 1.807) is 0 Å². The van der Waals surface area contributed by atoms with Crippen LogP contribution >= 0.6 is 15.9 Å². The lowest BCUT2D eigenvalue weighted by molar-refractivity contribution is 0.326. The zero-order valence-corrected chi connectivity index (χ0v) is 10.8. The van der Waals surface area contributed by atoms with Crippen LogP contribution in [-0.4, -0.2) is 32.1 Å². The van der Waals surface area contributed by atoms with E-state index in [4.69, 9.17) is 10.5 Å². The minimum atomic E-state index is 0.537. The summed E-state index contributed by atoms with van der Waals surface area (Å²) in [6, 6.07) is 6.09. The average molecular weight is 273 g/mol. The Morgan fingerprint density at radius 2 is 2.07 bits per heavy atom. The summed E-state index contributed by atoms with van der Waals surface area (Å²) in [4.78, 5) is 2.12. The molecule has 1 aromatic rings.